The van der Waals surface area contributed by atoms with Crippen LogP contribution < -0.4 is 0 Å². The smallest absolute Gasteiger partial charge is 0.295 e. The number of aromatic nitrogens is 1. The van der Waals surface area contributed by atoms with Crippen LogP contribution >= 0.6 is 11.6 Å². The third-order valence-corrected chi connectivity index (χ3v) is 5.93. The molecule has 4 nitrogen and oxygen atoms in total. The van der Waals surface area contributed by atoms with Crippen molar-refractivity contribution in [1.29, 1.82) is 0 Å². The molecule has 1 atom stereocenters. The molecule has 148 valence electrons. The molecule has 1 aliphatic rings. The van der Waals surface area contributed by atoms with Crippen molar-refractivity contribution in [3.05, 3.63) is 106 Å². The van der Waals surface area contributed by atoms with Crippen LogP contribution in [0.25, 0.3) is 10.9 Å². The number of rotatable bonds is 3. The first-order chi connectivity index (χ1) is 14.6. The van der Waals surface area contributed by atoms with Gasteiger partial charge in [-0.3, -0.25) is 9.59 Å². The van der Waals surface area contributed by atoms with Gasteiger partial charge in [0.15, 0.2) is 0 Å². The number of halogens is 1. The molecular weight excluding hydrogens is 396 g/mol. The molecule has 5 rings (SSSR count). The molecular formula is C25H19ClN2O2. The predicted octanol–water partition coefficient (Wildman–Crippen LogP) is 5.18. The zero-order valence-corrected chi connectivity index (χ0v) is 16.9. The van der Waals surface area contributed by atoms with E-state index in [1.165, 1.54) is 5.56 Å². The van der Waals surface area contributed by atoms with Gasteiger partial charge in [0, 0.05) is 33.7 Å². The van der Waals surface area contributed by atoms with Crippen molar-refractivity contribution in [3.63, 3.8) is 0 Å². The number of benzene rings is 3. The lowest BCUT2D eigenvalue weighted by Crippen LogP contribution is -2.44. The monoisotopic (exact) mass is 414 g/mol. The molecule has 5 heteroatoms. The number of nitrogens with one attached hydrogen (secondary N) is 1. The summed E-state index contributed by atoms with van der Waals surface area (Å²) in [7, 11) is 0. The Balaban J connectivity index is 1.63. The van der Waals surface area contributed by atoms with Crippen molar-refractivity contribution in [2.24, 2.45) is 0 Å². The second kappa shape index (κ2) is 7.47. The Kier molecular flexibility index (Phi) is 4.64. The molecule has 0 saturated carbocycles. The van der Waals surface area contributed by atoms with E-state index in [0.717, 1.165) is 22.2 Å². The second-order valence-corrected chi connectivity index (χ2v) is 7.90. The topological polar surface area (TPSA) is 53.2 Å². The normalized spacial score (nSPS) is 15.8. The average molecular weight is 415 g/mol. The molecule has 3 aromatic carbocycles. The minimum Gasteiger partial charge on any atom is -0.356 e. The van der Waals surface area contributed by atoms with Gasteiger partial charge in [0.2, 0.25) is 5.78 Å². The SMILES string of the molecule is O=C(C(=O)N1CCc2c([nH]c3ccccc23)C1c1cccc(Cl)c1)c1ccccc1. The fourth-order valence-electron chi connectivity index (χ4n) is 4.33. The number of carbonyl (C=O) groups excluding carboxylic acids is 2. The molecule has 0 radical (unpaired) electrons. The van der Waals surface area contributed by atoms with Gasteiger partial charge in [-0.2, -0.15) is 0 Å². The summed E-state index contributed by atoms with van der Waals surface area (Å²) in [4.78, 5) is 31.4. The summed E-state index contributed by atoms with van der Waals surface area (Å²) < 4.78 is 0. The number of para-hydroxylation sites is 1. The number of H-pyrrole nitrogens is 1. The molecule has 1 aromatic heterocycles. The van der Waals surface area contributed by atoms with Crippen LogP contribution in [0, 0.1) is 0 Å². The fourth-order valence-corrected chi connectivity index (χ4v) is 4.53. The van der Waals surface area contributed by atoms with Gasteiger partial charge in [0.25, 0.3) is 5.91 Å². The van der Waals surface area contributed by atoms with Gasteiger partial charge >= 0.3 is 0 Å². The maximum absolute atomic E-state index is 13.3. The zero-order valence-electron chi connectivity index (χ0n) is 16.1. The van der Waals surface area contributed by atoms with Crippen molar-refractivity contribution in [2.45, 2.75) is 12.5 Å². The van der Waals surface area contributed by atoms with Crippen molar-refractivity contribution in [2.75, 3.05) is 6.54 Å². The summed E-state index contributed by atoms with van der Waals surface area (Å²) in [5.41, 5.74) is 4.43. The maximum atomic E-state index is 13.3. The lowest BCUT2D eigenvalue weighted by atomic mass is 9.91. The number of nitrogens with zero attached hydrogens (tertiary/aromatic N) is 1. The lowest BCUT2D eigenvalue weighted by molar-refractivity contribution is -0.128. The van der Waals surface area contributed by atoms with Gasteiger partial charge in [0.05, 0.1) is 6.04 Å². The van der Waals surface area contributed by atoms with Crippen LogP contribution in [-0.2, 0) is 11.2 Å². The summed E-state index contributed by atoms with van der Waals surface area (Å²) in [5, 5.41) is 1.75. The number of ketones is 1. The molecule has 30 heavy (non-hydrogen) atoms. The van der Waals surface area contributed by atoms with E-state index in [1.54, 1.807) is 35.2 Å². The van der Waals surface area contributed by atoms with Crippen LogP contribution in [0.2, 0.25) is 5.02 Å². The molecule has 1 amide bonds. The lowest BCUT2D eigenvalue weighted by Gasteiger charge is -2.36. The number of hydrogen-bond donors (Lipinski definition) is 1. The minimum absolute atomic E-state index is 0.398. The summed E-state index contributed by atoms with van der Waals surface area (Å²) >= 11 is 6.28. The number of hydrogen-bond acceptors (Lipinski definition) is 2. The van der Waals surface area contributed by atoms with E-state index in [4.69, 9.17) is 11.6 Å². The molecule has 0 saturated heterocycles. The van der Waals surface area contributed by atoms with E-state index in [9.17, 15) is 9.59 Å². The predicted molar refractivity (Wildman–Crippen MR) is 118 cm³/mol. The van der Waals surface area contributed by atoms with E-state index >= 15 is 0 Å². The Morgan fingerprint density at radius 1 is 0.933 bits per heavy atom. The summed E-state index contributed by atoms with van der Waals surface area (Å²) in [5.74, 6) is -1.00. The Bertz CT molecular complexity index is 1260. The third-order valence-electron chi connectivity index (χ3n) is 5.69. The van der Waals surface area contributed by atoms with Gasteiger partial charge in [0.1, 0.15) is 0 Å². The second-order valence-electron chi connectivity index (χ2n) is 7.46. The van der Waals surface area contributed by atoms with Crippen molar-refractivity contribution in [1.82, 2.24) is 9.88 Å². The van der Waals surface area contributed by atoms with Crippen molar-refractivity contribution < 1.29 is 9.59 Å². The molecule has 0 aliphatic carbocycles. The molecule has 4 aromatic rings. The number of fused-ring (bicyclic) bond motifs is 3. The highest BCUT2D eigenvalue weighted by Gasteiger charge is 2.37. The zero-order chi connectivity index (χ0) is 20.7. The molecule has 0 spiro atoms. The maximum Gasteiger partial charge on any atom is 0.295 e. The average Bonchev–Trinajstić information content (AvgIpc) is 3.16. The standard InChI is InChI=1S/C25H19ClN2O2/c26-18-10-6-9-17(15-18)23-22-20(19-11-4-5-12-21(19)27-22)13-14-28(23)25(30)24(29)16-7-2-1-3-8-16/h1-12,15,23,27H,13-14H2. The number of Topliss-reactive ketones (excluding diaryl/α,β-unsaturated/α-hetero) is 1. The number of amides is 1. The fraction of sp³-hybridized carbons (Fsp3) is 0.120. The first kappa shape index (κ1) is 18.6. The quantitative estimate of drug-likeness (QED) is 0.371. The number of aromatic amines is 1. The van der Waals surface area contributed by atoms with E-state index in [2.05, 4.69) is 11.1 Å². The molecule has 1 aliphatic heterocycles. The van der Waals surface area contributed by atoms with Gasteiger partial charge in [-0.05, 0) is 35.7 Å². The molecule has 0 fully saturated rings. The molecule has 1 unspecified atom stereocenters. The van der Waals surface area contributed by atoms with Crippen LogP contribution in [0.1, 0.15) is 33.2 Å². The molecule has 1 N–H and O–H groups in total. The van der Waals surface area contributed by atoms with Crippen LogP contribution in [0.3, 0.4) is 0 Å². The first-order valence-corrected chi connectivity index (χ1v) is 10.3. The van der Waals surface area contributed by atoms with Crippen LogP contribution in [0.15, 0.2) is 78.9 Å². The van der Waals surface area contributed by atoms with Crippen LogP contribution in [0.5, 0.6) is 0 Å². The molecule has 2 heterocycles. The van der Waals surface area contributed by atoms with E-state index < -0.39 is 17.7 Å². The first-order valence-electron chi connectivity index (χ1n) is 9.89. The van der Waals surface area contributed by atoms with E-state index in [-0.39, 0.29) is 0 Å². The largest absolute Gasteiger partial charge is 0.356 e. The van der Waals surface area contributed by atoms with Gasteiger partial charge in [-0.25, -0.2) is 0 Å². The van der Waals surface area contributed by atoms with E-state index in [1.807, 2.05) is 42.5 Å². The minimum atomic E-state index is -0.504. The highest BCUT2D eigenvalue weighted by molar-refractivity contribution is 6.42. The van der Waals surface area contributed by atoms with Gasteiger partial charge in [-0.1, -0.05) is 72.3 Å². The highest BCUT2D eigenvalue weighted by atomic mass is 35.5. The summed E-state index contributed by atoms with van der Waals surface area (Å²) in [6.45, 7) is 0.462. The van der Waals surface area contributed by atoms with Crippen molar-refractivity contribution in [3.8, 4) is 0 Å². The van der Waals surface area contributed by atoms with Gasteiger partial charge in [-0.15, -0.1) is 0 Å². The van der Waals surface area contributed by atoms with Crippen LogP contribution in [-0.4, -0.2) is 28.1 Å². The molecule has 0 bridgehead atoms. The Labute approximate surface area is 179 Å². The summed E-state index contributed by atoms with van der Waals surface area (Å²) in [6, 6.07) is 23.9. The van der Waals surface area contributed by atoms with E-state index in [0.29, 0.717) is 23.6 Å². The van der Waals surface area contributed by atoms with Gasteiger partial charge < -0.3 is 9.88 Å². The Morgan fingerprint density at radius 3 is 2.50 bits per heavy atom. The Hall–Kier alpha value is -3.37. The third kappa shape index (κ3) is 3.10. The van der Waals surface area contributed by atoms with Crippen molar-refractivity contribution >= 4 is 34.2 Å². The highest BCUT2D eigenvalue weighted by Crippen LogP contribution is 2.39. The Morgan fingerprint density at radius 2 is 1.70 bits per heavy atom. The van der Waals surface area contributed by atoms with Crippen LogP contribution in [0.4, 0.5) is 0 Å². The summed E-state index contributed by atoms with van der Waals surface area (Å²) in [6.07, 6.45) is 0.685. The number of carbonyl (C=O) groups is 2.